The zero-order valence-electron chi connectivity index (χ0n) is 12.4. The molecule has 1 heterocycles. The minimum absolute atomic E-state index is 0.162. The van der Waals surface area contributed by atoms with Gasteiger partial charge in [0.1, 0.15) is 5.75 Å². The number of benzene rings is 1. The third kappa shape index (κ3) is 2.71. The smallest absolute Gasteiger partial charge is 0.123 e. The number of thioether (sulfide) groups is 1. The van der Waals surface area contributed by atoms with E-state index in [1.165, 1.54) is 48.3 Å². The van der Waals surface area contributed by atoms with Gasteiger partial charge in [-0.3, -0.25) is 0 Å². The van der Waals surface area contributed by atoms with E-state index < -0.39 is 0 Å². The van der Waals surface area contributed by atoms with Crippen molar-refractivity contribution in [3.05, 3.63) is 29.3 Å². The Morgan fingerprint density at radius 1 is 1.20 bits per heavy atom. The molecule has 3 heteroatoms. The molecule has 0 radical (unpaired) electrons. The van der Waals surface area contributed by atoms with Gasteiger partial charge in [-0.05, 0) is 60.8 Å². The van der Waals surface area contributed by atoms with Crippen LogP contribution in [0, 0.1) is 0 Å². The van der Waals surface area contributed by atoms with Crippen LogP contribution in [-0.2, 0) is 5.54 Å². The Labute approximate surface area is 126 Å². The van der Waals surface area contributed by atoms with Gasteiger partial charge in [0.2, 0.25) is 0 Å². The van der Waals surface area contributed by atoms with Crippen molar-refractivity contribution < 1.29 is 4.74 Å². The molecule has 1 aromatic carbocycles. The fourth-order valence-electron chi connectivity index (χ4n) is 3.67. The summed E-state index contributed by atoms with van der Waals surface area (Å²) in [6.07, 6.45) is 7.26. The molecule has 0 aromatic heterocycles. The Kier molecular flexibility index (Phi) is 4.27. The van der Waals surface area contributed by atoms with Crippen molar-refractivity contribution in [3.8, 4) is 5.75 Å². The van der Waals surface area contributed by atoms with Gasteiger partial charge in [-0.25, -0.2) is 0 Å². The average Bonchev–Trinajstić information content (AvgIpc) is 2.95. The lowest BCUT2D eigenvalue weighted by Gasteiger charge is -2.29. The maximum atomic E-state index is 6.67. The molecule has 0 amide bonds. The monoisotopic (exact) mass is 291 g/mol. The van der Waals surface area contributed by atoms with Gasteiger partial charge in [0.25, 0.3) is 0 Å². The molecule has 3 rings (SSSR count). The number of nitrogens with two attached hydrogens (primary N) is 1. The van der Waals surface area contributed by atoms with Gasteiger partial charge in [0.05, 0.1) is 7.11 Å². The molecular formula is C17H25NOS. The fraction of sp³-hybridized carbons (Fsp3) is 0.647. The molecule has 0 atom stereocenters. The minimum atomic E-state index is -0.162. The van der Waals surface area contributed by atoms with Crippen LogP contribution in [0.1, 0.15) is 55.6 Å². The first-order valence-electron chi connectivity index (χ1n) is 7.78. The molecule has 2 aliphatic rings. The van der Waals surface area contributed by atoms with E-state index in [1.807, 2.05) is 0 Å². The lowest BCUT2D eigenvalue weighted by molar-refractivity contribution is 0.378. The topological polar surface area (TPSA) is 35.2 Å². The fourth-order valence-corrected chi connectivity index (χ4v) is 4.78. The van der Waals surface area contributed by atoms with Crippen molar-refractivity contribution in [2.75, 3.05) is 18.6 Å². The molecule has 1 aliphatic heterocycles. The summed E-state index contributed by atoms with van der Waals surface area (Å²) >= 11 is 2.08. The first-order valence-corrected chi connectivity index (χ1v) is 8.93. The molecule has 0 unspecified atom stereocenters. The van der Waals surface area contributed by atoms with Crippen molar-refractivity contribution >= 4 is 11.8 Å². The second-order valence-corrected chi connectivity index (χ2v) is 7.43. The molecular weight excluding hydrogens is 266 g/mol. The van der Waals surface area contributed by atoms with Crippen molar-refractivity contribution in [2.45, 2.75) is 50.0 Å². The van der Waals surface area contributed by atoms with Crippen LogP contribution in [0.5, 0.6) is 5.75 Å². The molecule has 2 fully saturated rings. The van der Waals surface area contributed by atoms with Crippen LogP contribution in [0.2, 0.25) is 0 Å². The Balaban J connectivity index is 1.94. The molecule has 2 nitrogen and oxygen atoms in total. The van der Waals surface area contributed by atoms with E-state index in [-0.39, 0.29) is 5.54 Å². The molecule has 0 spiro atoms. The van der Waals surface area contributed by atoms with Crippen LogP contribution in [0.4, 0.5) is 0 Å². The van der Waals surface area contributed by atoms with Crippen LogP contribution >= 0.6 is 11.8 Å². The highest BCUT2D eigenvalue weighted by Gasteiger charge is 2.34. The quantitative estimate of drug-likeness (QED) is 0.913. The predicted octanol–water partition coefficient (Wildman–Crippen LogP) is 4.03. The van der Waals surface area contributed by atoms with Crippen LogP contribution in [0.25, 0.3) is 0 Å². The van der Waals surface area contributed by atoms with Gasteiger partial charge in [0.15, 0.2) is 0 Å². The number of hydrogen-bond donors (Lipinski definition) is 1. The van der Waals surface area contributed by atoms with Gasteiger partial charge in [0, 0.05) is 11.1 Å². The SMILES string of the molecule is COc1ccc(C2CCSCC2)cc1C1(N)CCCC1. The van der Waals surface area contributed by atoms with Gasteiger partial charge < -0.3 is 10.5 Å². The molecule has 0 bridgehead atoms. The number of ether oxygens (including phenoxy) is 1. The number of methoxy groups -OCH3 is 1. The van der Waals surface area contributed by atoms with E-state index in [2.05, 4.69) is 30.0 Å². The summed E-state index contributed by atoms with van der Waals surface area (Å²) in [6.45, 7) is 0. The zero-order chi connectivity index (χ0) is 14.0. The Bertz CT molecular complexity index is 462. The second-order valence-electron chi connectivity index (χ2n) is 6.21. The Morgan fingerprint density at radius 3 is 2.55 bits per heavy atom. The van der Waals surface area contributed by atoms with Crippen molar-refractivity contribution in [1.82, 2.24) is 0 Å². The number of rotatable bonds is 3. The van der Waals surface area contributed by atoms with E-state index in [0.29, 0.717) is 5.92 Å². The maximum absolute atomic E-state index is 6.67. The Morgan fingerprint density at radius 2 is 1.90 bits per heavy atom. The molecule has 1 saturated heterocycles. The summed E-state index contributed by atoms with van der Waals surface area (Å²) in [6, 6.07) is 6.74. The highest BCUT2D eigenvalue weighted by molar-refractivity contribution is 7.99. The summed E-state index contributed by atoms with van der Waals surface area (Å²) in [5, 5.41) is 0. The highest BCUT2D eigenvalue weighted by Crippen LogP contribution is 2.42. The third-order valence-electron chi connectivity index (χ3n) is 4.95. The Hall–Kier alpha value is -0.670. The second kappa shape index (κ2) is 5.98. The van der Waals surface area contributed by atoms with E-state index in [1.54, 1.807) is 7.11 Å². The lowest BCUT2D eigenvalue weighted by atomic mass is 9.84. The summed E-state index contributed by atoms with van der Waals surface area (Å²) < 4.78 is 5.58. The van der Waals surface area contributed by atoms with E-state index in [0.717, 1.165) is 18.6 Å². The molecule has 2 N–H and O–H groups in total. The third-order valence-corrected chi connectivity index (χ3v) is 6.00. The minimum Gasteiger partial charge on any atom is -0.496 e. The summed E-state index contributed by atoms with van der Waals surface area (Å²) in [4.78, 5) is 0. The predicted molar refractivity (Wildman–Crippen MR) is 86.6 cm³/mol. The largest absolute Gasteiger partial charge is 0.496 e. The van der Waals surface area contributed by atoms with Gasteiger partial charge in [-0.15, -0.1) is 0 Å². The highest BCUT2D eigenvalue weighted by atomic mass is 32.2. The standard InChI is InChI=1S/C17H25NOS/c1-19-16-5-4-14(13-6-10-20-11-7-13)12-15(16)17(18)8-2-3-9-17/h4-5,12-13H,2-3,6-11,18H2,1H3. The summed E-state index contributed by atoms with van der Waals surface area (Å²) in [7, 11) is 1.76. The van der Waals surface area contributed by atoms with Crippen molar-refractivity contribution in [1.29, 1.82) is 0 Å². The molecule has 110 valence electrons. The van der Waals surface area contributed by atoms with Crippen LogP contribution in [0.15, 0.2) is 18.2 Å². The average molecular weight is 291 g/mol. The molecule has 20 heavy (non-hydrogen) atoms. The van der Waals surface area contributed by atoms with E-state index in [4.69, 9.17) is 10.5 Å². The van der Waals surface area contributed by atoms with Crippen LogP contribution in [0.3, 0.4) is 0 Å². The van der Waals surface area contributed by atoms with Crippen molar-refractivity contribution in [3.63, 3.8) is 0 Å². The van der Waals surface area contributed by atoms with Crippen LogP contribution < -0.4 is 10.5 Å². The normalized spacial score (nSPS) is 22.9. The lowest BCUT2D eigenvalue weighted by Crippen LogP contribution is -2.33. The molecule has 1 saturated carbocycles. The number of hydrogen-bond acceptors (Lipinski definition) is 3. The zero-order valence-corrected chi connectivity index (χ0v) is 13.2. The first kappa shape index (κ1) is 14.3. The van der Waals surface area contributed by atoms with E-state index >= 15 is 0 Å². The summed E-state index contributed by atoms with van der Waals surface area (Å²) in [5.74, 6) is 4.27. The first-order chi connectivity index (χ1) is 9.73. The maximum Gasteiger partial charge on any atom is 0.123 e. The van der Waals surface area contributed by atoms with E-state index in [9.17, 15) is 0 Å². The molecule has 1 aliphatic carbocycles. The summed E-state index contributed by atoms with van der Waals surface area (Å²) in [5.41, 5.74) is 9.22. The van der Waals surface area contributed by atoms with Crippen LogP contribution in [-0.4, -0.2) is 18.6 Å². The van der Waals surface area contributed by atoms with Gasteiger partial charge in [-0.2, -0.15) is 11.8 Å². The van der Waals surface area contributed by atoms with Crippen molar-refractivity contribution in [2.24, 2.45) is 5.73 Å². The molecule has 1 aromatic rings. The van der Waals surface area contributed by atoms with Gasteiger partial charge >= 0.3 is 0 Å². The van der Waals surface area contributed by atoms with Gasteiger partial charge in [-0.1, -0.05) is 18.9 Å².